The molecular formula is C15H12N6O2. The average Bonchev–Trinajstić information content (AvgIpc) is 3.16. The smallest absolute Gasteiger partial charge is 0.251 e. The number of hydrogen-bond donors (Lipinski definition) is 1. The Kier molecular flexibility index (Phi) is 2.77. The molecule has 4 aromatic heterocycles. The van der Waals surface area contributed by atoms with Crippen LogP contribution in [0.3, 0.4) is 0 Å². The molecule has 8 nitrogen and oxygen atoms in total. The van der Waals surface area contributed by atoms with E-state index >= 15 is 0 Å². The van der Waals surface area contributed by atoms with E-state index in [1.165, 1.54) is 10.6 Å². The summed E-state index contributed by atoms with van der Waals surface area (Å²) in [5.74, 6) is 0. The van der Waals surface area contributed by atoms with E-state index in [1.807, 2.05) is 6.07 Å². The number of nitrogens with one attached hydrogen (secondary N) is 1. The largest absolute Gasteiger partial charge is 0.319 e. The Balaban J connectivity index is 1.83. The van der Waals surface area contributed by atoms with E-state index in [1.54, 1.807) is 53.3 Å². The summed E-state index contributed by atoms with van der Waals surface area (Å²) >= 11 is 0. The molecule has 1 N–H and O–H groups in total. The van der Waals surface area contributed by atoms with Gasteiger partial charge in [-0.05, 0) is 11.6 Å². The SMILES string of the molecule is Cn1ccc(-c2cnn(-c3cnn4ccc(=O)[nH]c34)c2)cc1=O. The highest BCUT2D eigenvalue weighted by molar-refractivity contribution is 5.63. The van der Waals surface area contributed by atoms with Crippen LogP contribution in [0, 0.1) is 0 Å². The van der Waals surface area contributed by atoms with Crippen LogP contribution < -0.4 is 11.1 Å². The van der Waals surface area contributed by atoms with Crippen LogP contribution in [0.2, 0.25) is 0 Å². The van der Waals surface area contributed by atoms with Crippen LogP contribution in [0.4, 0.5) is 0 Å². The lowest BCUT2D eigenvalue weighted by molar-refractivity contribution is 0.861. The van der Waals surface area contributed by atoms with Crippen LogP contribution in [0.25, 0.3) is 22.5 Å². The second-order valence-corrected chi connectivity index (χ2v) is 5.17. The third kappa shape index (κ3) is 2.16. The molecule has 0 saturated carbocycles. The standard InChI is InChI=1S/C15H12N6O2/c1-19-4-2-10(6-14(19)23)11-7-16-21(9-11)12-8-17-20-5-3-13(22)18-15(12)20/h2-9H,1H3,(H,18,22). The predicted molar refractivity (Wildman–Crippen MR) is 83.6 cm³/mol. The summed E-state index contributed by atoms with van der Waals surface area (Å²) in [4.78, 5) is 26.0. The zero-order valence-electron chi connectivity index (χ0n) is 12.2. The molecule has 0 spiro atoms. The third-order valence-electron chi connectivity index (χ3n) is 3.65. The van der Waals surface area contributed by atoms with Crippen molar-refractivity contribution in [1.29, 1.82) is 0 Å². The summed E-state index contributed by atoms with van der Waals surface area (Å²) in [6.45, 7) is 0. The first-order valence-electron chi connectivity index (χ1n) is 6.90. The molecule has 23 heavy (non-hydrogen) atoms. The van der Waals surface area contributed by atoms with Crippen molar-refractivity contribution >= 4 is 5.65 Å². The summed E-state index contributed by atoms with van der Waals surface area (Å²) in [7, 11) is 1.70. The van der Waals surface area contributed by atoms with Gasteiger partial charge in [0.15, 0.2) is 5.65 Å². The van der Waals surface area contributed by atoms with Crippen LogP contribution in [0.1, 0.15) is 0 Å². The fraction of sp³-hybridized carbons (Fsp3) is 0.0667. The molecule has 114 valence electrons. The van der Waals surface area contributed by atoms with E-state index in [2.05, 4.69) is 15.2 Å². The summed E-state index contributed by atoms with van der Waals surface area (Å²) in [6.07, 6.45) is 8.37. The van der Waals surface area contributed by atoms with E-state index in [4.69, 9.17) is 0 Å². The quantitative estimate of drug-likeness (QED) is 0.586. The lowest BCUT2D eigenvalue weighted by Crippen LogP contribution is -2.13. The highest BCUT2D eigenvalue weighted by Crippen LogP contribution is 2.19. The second-order valence-electron chi connectivity index (χ2n) is 5.17. The maximum atomic E-state index is 11.7. The Bertz CT molecular complexity index is 1130. The first-order chi connectivity index (χ1) is 11.1. The van der Waals surface area contributed by atoms with E-state index in [0.29, 0.717) is 11.3 Å². The zero-order chi connectivity index (χ0) is 16.0. The minimum absolute atomic E-state index is 0.0874. The predicted octanol–water partition coefficient (Wildman–Crippen LogP) is 0.574. The molecule has 8 heteroatoms. The van der Waals surface area contributed by atoms with Crippen LogP contribution in [-0.2, 0) is 7.05 Å². The highest BCUT2D eigenvalue weighted by Gasteiger charge is 2.10. The Hall–Kier alpha value is -3.42. The number of aryl methyl sites for hydroxylation is 1. The van der Waals surface area contributed by atoms with Gasteiger partial charge in [0.1, 0.15) is 5.69 Å². The van der Waals surface area contributed by atoms with Gasteiger partial charge in [0.25, 0.3) is 11.1 Å². The van der Waals surface area contributed by atoms with E-state index in [0.717, 1.165) is 11.1 Å². The van der Waals surface area contributed by atoms with Crippen molar-refractivity contribution in [1.82, 2.24) is 28.9 Å². The molecule has 0 aromatic carbocycles. The molecule has 4 heterocycles. The van der Waals surface area contributed by atoms with Gasteiger partial charge in [0.2, 0.25) is 0 Å². The summed E-state index contributed by atoms with van der Waals surface area (Å²) < 4.78 is 4.69. The molecule has 0 unspecified atom stereocenters. The van der Waals surface area contributed by atoms with Crippen molar-refractivity contribution in [2.75, 3.05) is 0 Å². The fourth-order valence-corrected chi connectivity index (χ4v) is 2.38. The Morgan fingerprint density at radius 2 is 1.91 bits per heavy atom. The average molecular weight is 308 g/mol. The zero-order valence-corrected chi connectivity index (χ0v) is 12.2. The lowest BCUT2D eigenvalue weighted by atomic mass is 10.1. The summed E-state index contributed by atoms with van der Waals surface area (Å²) in [6, 6.07) is 4.80. The van der Waals surface area contributed by atoms with Crippen LogP contribution >= 0.6 is 0 Å². The first-order valence-corrected chi connectivity index (χ1v) is 6.90. The molecule has 0 bridgehead atoms. The number of rotatable bonds is 2. The molecule has 0 amide bonds. The minimum atomic E-state index is -0.210. The third-order valence-corrected chi connectivity index (χ3v) is 3.65. The highest BCUT2D eigenvalue weighted by atomic mass is 16.1. The number of aromatic amines is 1. The first kappa shape index (κ1) is 13.3. The monoisotopic (exact) mass is 308 g/mol. The normalized spacial score (nSPS) is 11.2. The van der Waals surface area contributed by atoms with E-state index in [9.17, 15) is 9.59 Å². The Labute approximate surface area is 129 Å². The summed E-state index contributed by atoms with van der Waals surface area (Å²) in [5, 5.41) is 8.48. The number of aromatic nitrogens is 6. The fourth-order valence-electron chi connectivity index (χ4n) is 2.38. The summed E-state index contributed by atoms with van der Waals surface area (Å²) in [5.41, 5.74) is 2.49. The lowest BCUT2D eigenvalue weighted by Gasteiger charge is -2.00. The topological polar surface area (TPSA) is 90.0 Å². The van der Waals surface area contributed by atoms with Gasteiger partial charge >= 0.3 is 0 Å². The van der Waals surface area contributed by atoms with Crippen molar-refractivity contribution in [3.63, 3.8) is 0 Å². The van der Waals surface area contributed by atoms with E-state index in [-0.39, 0.29) is 11.1 Å². The van der Waals surface area contributed by atoms with Crippen molar-refractivity contribution in [3.8, 4) is 16.8 Å². The van der Waals surface area contributed by atoms with Crippen LogP contribution in [0.15, 0.2) is 58.8 Å². The maximum Gasteiger partial charge on any atom is 0.251 e. The van der Waals surface area contributed by atoms with Gasteiger partial charge in [0.05, 0.1) is 12.4 Å². The molecule has 0 radical (unpaired) electrons. The molecule has 0 saturated heterocycles. The van der Waals surface area contributed by atoms with Crippen molar-refractivity contribution < 1.29 is 0 Å². The Morgan fingerprint density at radius 3 is 2.74 bits per heavy atom. The number of H-pyrrole nitrogens is 1. The van der Waals surface area contributed by atoms with Gasteiger partial charge in [-0.15, -0.1) is 0 Å². The van der Waals surface area contributed by atoms with Gasteiger partial charge in [0, 0.05) is 43.3 Å². The molecule has 0 aliphatic heterocycles. The molecule has 0 atom stereocenters. The van der Waals surface area contributed by atoms with Crippen LogP contribution in [0.5, 0.6) is 0 Å². The van der Waals surface area contributed by atoms with Gasteiger partial charge < -0.3 is 9.55 Å². The Morgan fingerprint density at radius 1 is 1.04 bits per heavy atom. The van der Waals surface area contributed by atoms with Gasteiger partial charge in [-0.1, -0.05) is 0 Å². The molecular weight excluding hydrogens is 296 g/mol. The van der Waals surface area contributed by atoms with Crippen molar-refractivity contribution in [2.24, 2.45) is 7.05 Å². The molecule has 0 aliphatic carbocycles. The number of fused-ring (bicyclic) bond motifs is 1. The molecule has 0 aliphatic rings. The van der Waals surface area contributed by atoms with Gasteiger partial charge in [-0.25, -0.2) is 9.20 Å². The van der Waals surface area contributed by atoms with Crippen molar-refractivity contribution in [2.45, 2.75) is 0 Å². The molecule has 4 aromatic rings. The van der Waals surface area contributed by atoms with Crippen LogP contribution in [-0.4, -0.2) is 28.9 Å². The van der Waals surface area contributed by atoms with Gasteiger partial charge in [-0.2, -0.15) is 10.2 Å². The maximum absolute atomic E-state index is 11.7. The number of nitrogens with zero attached hydrogens (tertiary/aromatic N) is 5. The number of hydrogen-bond acceptors (Lipinski definition) is 4. The van der Waals surface area contributed by atoms with Gasteiger partial charge in [-0.3, -0.25) is 9.59 Å². The van der Waals surface area contributed by atoms with E-state index < -0.39 is 0 Å². The molecule has 4 rings (SSSR count). The molecule has 0 fully saturated rings. The van der Waals surface area contributed by atoms with Crippen molar-refractivity contribution in [3.05, 3.63) is 69.9 Å². The second kappa shape index (κ2) is 4.80. The number of pyridine rings is 1. The minimum Gasteiger partial charge on any atom is -0.319 e.